The van der Waals surface area contributed by atoms with Gasteiger partial charge in [0.05, 0.1) is 11.4 Å². The van der Waals surface area contributed by atoms with Crippen molar-refractivity contribution < 1.29 is 0 Å². The summed E-state index contributed by atoms with van der Waals surface area (Å²) in [6.07, 6.45) is 5.28. The minimum atomic E-state index is -0.0521. The predicted octanol–water partition coefficient (Wildman–Crippen LogP) is 3.73. The largest absolute Gasteiger partial charge is 0.378 e. The standard InChI is InChI=1S/C20H22N4O/c1-13(2)23-17-6-5-15(4)24(20(17)25)19-11-18(22-12-14(19)3)16-7-9-21-10-8-16/h5-13,23H,1-4H3. The molecule has 5 nitrogen and oxygen atoms in total. The van der Waals surface area contributed by atoms with Crippen LogP contribution in [0.1, 0.15) is 25.1 Å². The number of aromatic nitrogens is 3. The molecule has 3 heterocycles. The molecule has 25 heavy (non-hydrogen) atoms. The van der Waals surface area contributed by atoms with Crippen molar-refractivity contribution in [2.24, 2.45) is 0 Å². The number of nitrogens with zero attached hydrogens (tertiary/aromatic N) is 3. The maximum absolute atomic E-state index is 13.0. The highest BCUT2D eigenvalue weighted by molar-refractivity contribution is 5.62. The van der Waals surface area contributed by atoms with Gasteiger partial charge in [-0.05, 0) is 63.6 Å². The lowest BCUT2D eigenvalue weighted by atomic mass is 10.1. The smallest absolute Gasteiger partial charge is 0.278 e. The molecule has 0 aliphatic rings. The van der Waals surface area contributed by atoms with Gasteiger partial charge in [0, 0.05) is 35.9 Å². The summed E-state index contributed by atoms with van der Waals surface area (Å²) in [6, 6.07) is 9.77. The topological polar surface area (TPSA) is 59.8 Å². The normalized spacial score (nSPS) is 10.9. The molecule has 3 aromatic heterocycles. The van der Waals surface area contributed by atoms with Crippen molar-refractivity contribution in [3.63, 3.8) is 0 Å². The molecular formula is C20H22N4O. The van der Waals surface area contributed by atoms with Crippen LogP contribution in [-0.2, 0) is 0 Å². The number of anilines is 1. The molecular weight excluding hydrogens is 312 g/mol. The molecule has 3 rings (SSSR count). The van der Waals surface area contributed by atoms with E-state index in [4.69, 9.17) is 0 Å². The van der Waals surface area contributed by atoms with Gasteiger partial charge in [0.15, 0.2) is 0 Å². The summed E-state index contributed by atoms with van der Waals surface area (Å²) in [7, 11) is 0. The first-order valence-corrected chi connectivity index (χ1v) is 8.34. The van der Waals surface area contributed by atoms with Crippen LogP contribution in [0.3, 0.4) is 0 Å². The zero-order valence-corrected chi connectivity index (χ0v) is 14.9. The first-order valence-electron chi connectivity index (χ1n) is 8.34. The quantitative estimate of drug-likeness (QED) is 0.790. The van der Waals surface area contributed by atoms with Crippen molar-refractivity contribution in [2.75, 3.05) is 5.32 Å². The van der Waals surface area contributed by atoms with Gasteiger partial charge in [-0.25, -0.2) is 0 Å². The first kappa shape index (κ1) is 16.9. The molecule has 1 N–H and O–H groups in total. The minimum absolute atomic E-state index is 0.0521. The van der Waals surface area contributed by atoms with Gasteiger partial charge in [-0.1, -0.05) is 0 Å². The molecule has 0 amide bonds. The predicted molar refractivity (Wildman–Crippen MR) is 101 cm³/mol. The molecule has 0 unspecified atom stereocenters. The van der Waals surface area contributed by atoms with Gasteiger partial charge in [0.25, 0.3) is 5.56 Å². The van der Waals surface area contributed by atoms with E-state index in [0.29, 0.717) is 5.69 Å². The van der Waals surface area contributed by atoms with Gasteiger partial charge >= 0.3 is 0 Å². The number of pyridine rings is 3. The Kier molecular flexibility index (Phi) is 4.65. The van der Waals surface area contributed by atoms with Crippen LogP contribution in [0.25, 0.3) is 16.9 Å². The van der Waals surface area contributed by atoms with Crippen LogP contribution in [0, 0.1) is 13.8 Å². The SMILES string of the molecule is Cc1cnc(-c2ccncc2)cc1-n1c(C)ccc(NC(C)C)c1=O. The van der Waals surface area contributed by atoms with E-state index >= 15 is 0 Å². The van der Waals surface area contributed by atoms with Crippen molar-refractivity contribution in [3.8, 4) is 16.9 Å². The van der Waals surface area contributed by atoms with Gasteiger partial charge in [0.1, 0.15) is 5.69 Å². The van der Waals surface area contributed by atoms with Gasteiger partial charge in [-0.2, -0.15) is 0 Å². The molecule has 0 aliphatic carbocycles. The van der Waals surface area contributed by atoms with Crippen LogP contribution in [0.5, 0.6) is 0 Å². The molecule has 0 saturated heterocycles. The van der Waals surface area contributed by atoms with Gasteiger partial charge in [-0.15, -0.1) is 0 Å². The lowest BCUT2D eigenvalue weighted by molar-refractivity contribution is 0.871. The van der Waals surface area contributed by atoms with Crippen molar-refractivity contribution >= 4 is 5.69 Å². The van der Waals surface area contributed by atoms with E-state index in [-0.39, 0.29) is 11.6 Å². The Hall–Kier alpha value is -2.95. The van der Waals surface area contributed by atoms with E-state index in [1.54, 1.807) is 23.2 Å². The molecule has 3 aromatic rings. The van der Waals surface area contributed by atoms with Crippen molar-refractivity contribution in [1.82, 2.24) is 14.5 Å². The lowest BCUT2D eigenvalue weighted by Gasteiger charge is -2.17. The highest BCUT2D eigenvalue weighted by Crippen LogP contribution is 2.22. The Bertz CT molecular complexity index is 946. The van der Waals surface area contributed by atoms with E-state index in [9.17, 15) is 4.79 Å². The average Bonchev–Trinajstić information content (AvgIpc) is 2.59. The molecule has 5 heteroatoms. The molecule has 0 aromatic carbocycles. The van der Waals surface area contributed by atoms with Crippen LogP contribution in [-0.4, -0.2) is 20.6 Å². The fraction of sp³-hybridized carbons (Fsp3) is 0.250. The summed E-state index contributed by atoms with van der Waals surface area (Å²) in [6.45, 7) is 7.94. The van der Waals surface area contributed by atoms with E-state index in [1.807, 2.05) is 58.0 Å². The van der Waals surface area contributed by atoms with Crippen LogP contribution >= 0.6 is 0 Å². The fourth-order valence-electron chi connectivity index (χ4n) is 2.79. The monoisotopic (exact) mass is 334 g/mol. The number of aryl methyl sites for hydroxylation is 2. The molecule has 0 radical (unpaired) electrons. The summed E-state index contributed by atoms with van der Waals surface area (Å²) >= 11 is 0. The maximum Gasteiger partial charge on any atom is 0.278 e. The van der Waals surface area contributed by atoms with Crippen molar-refractivity contribution in [1.29, 1.82) is 0 Å². The molecule has 0 spiro atoms. The number of rotatable bonds is 4. The molecule has 0 aliphatic heterocycles. The maximum atomic E-state index is 13.0. The van der Waals surface area contributed by atoms with Crippen LogP contribution in [0.4, 0.5) is 5.69 Å². The average molecular weight is 334 g/mol. The zero-order valence-electron chi connectivity index (χ0n) is 14.9. The summed E-state index contributed by atoms with van der Waals surface area (Å²) in [5, 5.41) is 3.22. The Labute approximate surface area is 147 Å². The second-order valence-corrected chi connectivity index (χ2v) is 6.42. The first-order chi connectivity index (χ1) is 12.0. The minimum Gasteiger partial charge on any atom is -0.378 e. The Morgan fingerprint density at radius 1 is 1.08 bits per heavy atom. The third-order valence-electron chi connectivity index (χ3n) is 4.01. The molecule has 0 atom stereocenters. The van der Waals surface area contributed by atoms with Gasteiger partial charge in [-0.3, -0.25) is 19.3 Å². The molecule has 0 fully saturated rings. The zero-order chi connectivity index (χ0) is 18.0. The second-order valence-electron chi connectivity index (χ2n) is 6.42. The third-order valence-corrected chi connectivity index (χ3v) is 4.01. The number of hydrogen-bond donors (Lipinski definition) is 1. The van der Waals surface area contributed by atoms with Crippen molar-refractivity contribution in [2.45, 2.75) is 33.7 Å². The Morgan fingerprint density at radius 3 is 2.48 bits per heavy atom. The second kappa shape index (κ2) is 6.89. The van der Waals surface area contributed by atoms with Gasteiger partial charge in [0.2, 0.25) is 0 Å². The van der Waals surface area contributed by atoms with Crippen LogP contribution < -0.4 is 10.9 Å². The number of hydrogen-bond acceptors (Lipinski definition) is 4. The molecule has 128 valence electrons. The van der Waals surface area contributed by atoms with Crippen LogP contribution in [0.2, 0.25) is 0 Å². The van der Waals surface area contributed by atoms with E-state index in [0.717, 1.165) is 28.2 Å². The van der Waals surface area contributed by atoms with E-state index in [2.05, 4.69) is 15.3 Å². The summed E-state index contributed by atoms with van der Waals surface area (Å²) in [5.74, 6) is 0. The Morgan fingerprint density at radius 2 is 1.80 bits per heavy atom. The highest BCUT2D eigenvalue weighted by atomic mass is 16.1. The fourth-order valence-corrected chi connectivity index (χ4v) is 2.79. The van der Waals surface area contributed by atoms with Crippen LogP contribution in [0.15, 0.2) is 53.7 Å². The highest BCUT2D eigenvalue weighted by Gasteiger charge is 2.13. The summed E-state index contributed by atoms with van der Waals surface area (Å²) < 4.78 is 1.74. The lowest BCUT2D eigenvalue weighted by Crippen LogP contribution is -2.26. The van der Waals surface area contributed by atoms with Crippen molar-refractivity contribution in [3.05, 3.63) is 70.5 Å². The van der Waals surface area contributed by atoms with Gasteiger partial charge < -0.3 is 5.32 Å². The Balaban J connectivity index is 2.18. The van der Waals surface area contributed by atoms with E-state index in [1.165, 1.54) is 0 Å². The summed E-state index contributed by atoms with van der Waals surface area (Å²) in [4.78, 5) is 21.5. The summed E-state index contributed by atoms with van der Waals surface area (Å²) in [5.41, 5.74) is 5.01. The van der Waals surface area contributed by atoms with E-state index < -0.39 is 0 Å². The third kappa shape index (κ3) is 3.45. The number of nitrogens with one attached hydrogen (secondary N) is 1. The molecule has 0 saturated carbocycles. The molecule has 0 bridgehead atoms.